The van der Waals surface area contributed by atoms with Crippen LogP contribution in [-0.2, 0) is 19.1 Å². The smallest absolute Gasteiger partial charge is 0.333 e. The van der Waals surface area contributed by atoms with Crippen LogP contribution in [0.15, 0.2) is 24.9 Å². The van der Waals surface area contributed by atoms with E-state index in [0.717, 1.165) is 13.0 Å². The standard InChI is InChI=1S/C11H21NO4P.C6H9NO/c1-9(2)11(14)16-6-7-17(15)10(13)8-12(3,4)5;1-2-7-5-3-4-6(7)8/h15H,1,6-8H2,2-5H3;2H,1,3-5H2/q+1;. The van der Waals surface area contributed by atoms with Gasteiger partial charge in [0.2, 0.25) is 11.4 Å². The normalized spacial score (nSPS) is 15.1. The summed E-state index contributed by atoms with van der Waals surface area (Å²) in [4.78, 5) is 44.5. The quantitative estimate of drug-likeness (QED) is 0.302. The molecule has 25 heavy (non-hydrogen) atoms. The molecule has 1 aliphatic heterocycles. The second kappa shape index (κ2) is 11.1. The third-order valence-electron chi connectivity index (χ3n) is 3.11. The highest BCUT2D eigenvalue weighted by molar-refractivity contribution is 7.69. The third-order valence-corrected chi connectivity index (χ3v) is 4.44. The number of likely N-dealkylation sites (tertiary alicyclic amines) is 1. The van der Waals surface area contributed by atoms with E-state index in [-0.39, 0.29) is 30.7 Å². The van der Waals surface area contributed by atoms with Gasteiger partial charge >= 0.3 is 5.97 Å². The molecule has 1 fully saturated rings. The number of carbonyl (C=O) groups excluding carboxylic acids is 3. The van der Waals surface area contributed by atoms with E-state index < -0.39 is 14.1 Å². The zero-order valence-corrected chi connectivity index (χ0v) is 16.6. The Kier molecular flexibility index (Phi) is 10.4. The fourth-order valence-electron chi connectivity index (χ4n) is 1.82. The zero-order chi connectivity index (χ0) is 19.6. The van der Waals surface area contributed by atoms with Gasteiger partial charge in [-0.25, -0.2) is 4.79 Å². The lowest BCUT2D eigenvalue weighted by Gasteiger charge is -2.23. The molecule has 0 aromatic carbocycles. The van der Waals surface area contributed by atoms with Gasteiger partial charge in [0.05, 0.1) is 27.7 Å². The number of amides is 1. The van der Waals surface area contributed by atoms with Crippen LogP contribution >= 0.6 is 8.15 Å². The van der Waals surface area contributed by atoms with E-state index in [4.69, 9.17) is 4.74 Å². The lowest BCUT2D eigenvalue weighted by molar-refractivity contribution is -0.861. The molecule has 0 aliphatic carbocycles. The number of hydrogen-bond acceptors (Lipinski definition) is 5. The van der Waals surface area contributed by atoms with Gasteiger partial charge in [0.1, 0.15) is 14.7 Å². The predicted molar refractivity (Wildman–Crippen MR) is 98.8 cm³/mol. The van der Waals surface area contributed by atoms with Crippen molar-refractivity contribution in [2.24, 2.45) is 0 Å². The molecule has 0 saturated carbocycles. The van der Waals surface area contributed by atoms with Gasteiger partial charge in [0.25, 0.3) is 0 Å². The molecule has 0 aromatic rings. The molecule has 0 aromatic heterocycles. The van der Waals surface area contributed by atoms with Gasteiger partial charge in [-0.05, 0) is 19.5 Å². The van der Waals surface area contributed by atoms with E-state index in [1.54, 1.807) is 18.0 Å². The topological polar surface area (TPSA) is 83.9 Å². The molecule has 7 nitrogen and oxygen atoms in total. The first kappa shape index (κ1) is 23.4. The van der Waals surface area contributed by atoms with Crippen LogP contribution in [0.5, 0.6) is 0 Å². The van der Waals surface area contributed by atoms with Gasteiger partial charge in [-0.3, -0.25) is 9.59 Å². The van der Waals surface area contributed by atoms with E-state index in [1.807, 2.05) is 21.1 Å². The van der Waals surface area contributed by atoms with Crippen LogP contribution in [0, 0.1) is 0 Å². The van der Waals surface area contributed by atoms with Crippen molar-refractivity contribution in [3.63, 3.8) is 0 Å². The zero-order valence-electron chi connectivity index (χ0n) is 15.7. The molecule has 142 valence electrons. The molecule has 1 unspecified atom stereocenters. The van der Waals surface area contributed by atoms with Crippen molar-refractivity contribution in [3.05, 3.63) is 24.9 Å². The summed E-state index contributed by atoms with van der Waals surface area (Å²) in [7, 11) is 3.91. The largest absolute Gasteiger partial charge is 0.462 e. The molecule has 1 saturated heterocycles. The molecular weight excluding hydrogens is 343 g/mol. The van der Waals surface area contributed by atoms with E-state index in [2.05, 4.69) is 13.2 Å². The molecule has 1 heterocycles. The Bertz CT molecular complexity index is 514. The molecule has 0 bridgehead atoms. The Morgan fingerprint density at radius 1 is 1.40 bits per heavy atom. The summed E-state index contributed by atoms with van der Waals surface area (Å²) >= 11 is 0. The number of likely N-dealkylation sites (N-methyl/N-ethyl adjacent to an activating group) is 1. The first-order valence-corrected chi connectivity index (χ1v) is 9.50. The SMILES string of the molecule is C=C(C)C(=O)OCCP(O)C(=O)C[N+](C)(C)C.C=CN1CCCC1=O. The minimum absolute atomic E-state index is 0.0524. The van der Waals surface area contributed by atoms with E-state index in [1.165, 1.54) is 0 Å². The predicted octanol–water partition coefficient (Wildman–Crippen LogP) is 1.48. The van der Waals surface area contributed by atoms with Crippen molar-refractivity contribution in [1.29, 1.82) is 0 Å². The summed E-state index contributed by atoms with van der Waals surface area (Å²) in [5, 5.41) is 0. The maximum absolute atomic E-state index is 11.6. The first-order chi connectivity index (χ1) is 11.5. The fourth-order valence-corrected chi connectivity index (χ4v) is 2.92. The number of ether oxygens (including phenoxy) is 1. The van der Waals surface area contributed by atoms with Gasteiger partial charge in [-0.15, -0.1) is 0 Å². The summed E-state index contributed by atoms with van der Waals surface area (Å²) < 4.78 is 5.29. The van der Waals surface area contributed by atoms with Crippen LogP contribution in [0.2, 0.25) is 0 Å². The van der Waals surface area contributed by atoms with Gasteiger partial charge in [0, 0.05) is 24.7 Å². The minimum atomic E-state index is -1.72. The number of nitrogens with zero attached hydrogens (tertiary/aromatic N) is 2. The minimum Gasteiger partial charge on any atom is -0.462 e. The average molecular weight is 373 g/mol. The van der Waals surface area contributed by atoms with Crippen LogP contribution in [0.1, 0.15) is 19.8 Å². The van der Waals surface area contributed by atoms with Crippen molar-refractivity contribution < 1.29 is 28.5 Å². The number of quaternary nitrogens is 1. The van der Waals surface area contributed by atoms with Crippen LogP contribution < -0.4 is 0 Å². The van der Waals surface area contributed by atoms with Gasteiger partial charge in [-0.1, -0.05) is 13.2 Å². The maximum atomic E-state index is 11.6. The number of hydrogen-bond donors (Lipinski definition) is 1. The van der Waals surface area contributed by atoms with Crippen LogP contribution in [0.4, 0.5) is 0 Å². The highest BCUT2D eigenvalue weighted by Crippen LogP contribution is 2.31. The monoisotopic (exact) mass is 373 g/mol. The number of carbonyl (C=O) groups is 3. The molecule has 0 spiro atoms. The lowest BCUT2D eigenvalue weighted by atomic mass is 10.4. The molecular formula is C17H30N2O5P+. The van der Waals surface area contributed by atoms with Crippen LogP contribution in [0.25, 0.3) is 0 Å². The summed E-state index contributed by atoms with van der Waals surface area (Å²) in [6.07, 6.45) is 3.47. The molecule has 1 atom stereocenters. The van der Waals surface area contributed by atoms with Crippen molar-refractivity contribution in [1.82, 2.24) is 4.90 Å². The Hall–Kier alpha value is -1.56. The van der Waals surface area contributed by atoms with Gasteiger partial charge in [-0.2, -0.15) is 0 Å². The van der Waals surface area contributed by atoms with Crippen molar-refractivity contribution in [3.8, 4) is 0 Å². The molecule has 1 rings (SSSR count). The molecule has 0 radical (unpaired) electrons. The second-order valence-electron chi connectivity index (χ2n) is 6.75. The Labute approximate surface area is 151 Å². The summed E-state index contributed by atoms with van der Waals surface area (Å²) in [6.45, 7) is 9.67. The van der Waals surface area contributed by atoms with Crippen LogP contribution in [0.3, 0.4) is 0 Å². The van der Waals surface area contributed by atoms with Gasteiger partial charge in [0.15, 0.2) is 0 Å². The Morgan fingerprint density at radius 3 is 2.36 bits per heavy atom. The third kappa shape index (κ3) is 10.8. The highest BCUT2D eigenvalue weighted by atomic mass is 31.1. The number of esters is 1. The molecule has 1 N–H and O–H groups in total. The van der Waals surface area contributed by atoms with Crippen LogP contribution in [-0.4, -0.2) is 78.7 Å². The molecule has 1 aliphatic rings. The van der Waals surface area contributed by atoms with Crippen molar-refractivity contribution in [2.75, 3.05) is 47.0 Å². The summed E-state index contributed by atoms with van der Waals surface area (Å²) in [5.41, 5.74) is 0.129. The summed E-state index contributed by atoms with van der Waals surface area (Å²) in [5.74, 6) is -0.285. The lowest BCUT2D eigenvalue weighted by Crippen LogP contribution is -2.39. The van der Waals surface area contributed by atoms with Crippen molar-refractivity contribution >= 4 is 25.5 Å². The second-order valence-corrected chi connectivity index (χ2v) is 8.50. The Balaban J connectivity index is 0.000000593. The average Bonchev–Trinajstić information content (AvgIpc) is 2.91. The van der Waals surface area contributed by atoms with E-state index in [0.29, 0.717) is 16.5 Å². The first-order valence-electron chi connectivity index (χ1n) is 8.02. The fraction of sp³-hybridized carbons (Fsp3) is 0.588. The molecule has 1 amide bonds. The van der Waals surface area contributed by atoms with Crippen molar-refractivity contribution in [2.45, 2.75) is 19.8 Å². The van der Waals surface area contributed by atoms with E-state index >= 15 is 0 Å². The highest BCUT2D eigenvalue weighted by Gasteiger charge is 2.22. The van der Waals surface area contributed by atoms with Gasteiger partial charge < -0.3 is 19.0 Å². The molecule has 8 heteroatoms. The summed E-state index contributed by atoms with van der Waals surface area (Å²) in [6, 6.07) is 0. The van der Waals surface area contributed by atoms with E-state index in [9.17, 15) is 19.3 Å². The maximum Gasteiger partial charge on any atom is 0.333 e. The Morgan fingerprint density at radius 2 is 2.00 bits per heavy atom. The number of rotatable bonds is 8.